The lowest BCUT2D eigenvalue weighted by Gasteiger charge is -2.30. The summed E-state index contributed by atoms with van der Waals surface area (Å²) in [5.41, 5.74) is 1.38. The maximum absolute atomic E-state index is 13.6. The number of carbonyl (C=O) groups excluding carboxylic acids is 2. The highest BCUT2D eigenvalue weighted by Gasteiger charge is 2.46. The van der Waals surface area contributed by atoms with E-state index in [4.69, 9.17) is 0 Å². The fourth-order valence-electron chi connectivity index (χ4n) is 6.36. The molecule has 1 spiro atoms. The summed E-state index contributed by atoms with van der Waals surface area (Å²) >= 11 is 0. The van der Waals surface area contributed by atoms with Crippen molar-refractivity contribution in [1.82, 2.24) is 4.90 Å². The van der Waals surface area contributed by atoms with E-state index in [1.165, 1.54) is 12.1 Å². The molecule has 2 aliphatic heterocycles. The number of sulfone groups is 1. The lowest BCUT2D eigenvalue weighted by molar-refractivity contribution is -0.118. The fourth-order valence-corrected chi connectivity index (χ4v) is 6.99. The Morgan fingerprint density at radius 2 is 1.66 bits per heavy atom. The van der Waals surface area contributed by atoms with Crippen molar-refractivity contribution in [3.05, 3.63) is 59.2 Å². The number of anilines is 1. The quantitative estimate of drug-likeness (QED) is 0.620. The van der Waals surface area contributed by atoms with Gasteiger partial charge in [0.25, 0.3) is 5.91 Å². The number of hydrogen-bond donors (Lipinski definition) is 1. The van der Waals surface area contributed by atoms with Crippen molar-refractivity contribution in [3.63, 3.8) is 0 Å². The second kappa shape index (κ2) is 10.1. The van der Waals surface area contributed by atoms with Crippen LogP contribution < -0.4 is 4.90 Å². The molecule has 1 saturated heterocycles. The molecule has 1 aliphatic carbocycles. The first kappa shape index (κ1) is 26.8. The van der Waals surface area contributed by atoms with Gasteiger partial charge in [-0.25, -0.2) is 12.8 Å². The second-order valence-electron chi connectivity index (χ2n) is 11.3. The van der Waals surface area contributed by atoms with E-state index in [-0.39, 0.29) is 35.1 Å². The topological polar surface area (TPSA) is 95.0 Å². The number of halogens is 1. The number of likely N-dealkylation sites (tertiary alicyclic amines) is 1. The van der Waals surface area contributed by atoms with Gasteiger partial charge in [-0.1, -0.05) is 25.0 Å². The molecule has 1 unspecified atom stereocenters. The van der Waals surface area contributed by atoms with Gasteiger partial charge in [-0.2, -0.15) is 0 Å². The number of alkyl halides is 1. The minimum absolute atomic E-state index is 0.0205. The van der Waals surface area contributed by atoms with Gasteiger partial charge in [0.1, 0.15) is 12.3 Å². The summed E-state index contributed by atoms with van der Waals surface area (Å²) in [6.07, 6.45) is 7.03. The van der Waals surface area contributed by atoms with Crippen molar-refractivity contribution in [2.75, 3.05) is 37.5 Å². The molecular formula is C29H35FN2O5S. The van der Waals surface area contributed by atoms with E-state index in [0.717, 1.165) is 55.2 Å². The van der Waals surface area contributed by atoms with Crippen LogP contribution in [0.2, 0.25) is 0 Å². The van der Waals surface area contributed by atoms with E-state index in [1.807, 2.05) is 17.0 Å². The molecule has 9 heteroatoms. The zero-order valence-corrected chi connectivity index (χ0v) is 22.6. The highest BCUT2D eigenvalue weighted by atomic mass is 32.2. The molecule has 0 bridgehead atoms. The molecule has 0 radical (unpaired) electrons. The number of rotatable bonds is 5. The monoisotopic (exact) mass is 542 g/mol. The number of carbonyl (C=O) groups is 2. The first-order valence-electron chi connectivity index (χ1n) is 13.4. The van der Waals surface area contributed by atoms with Crippen molar-refractivity contribution in [2.45, 2.75) is 67.3 Å². The van der Waals surface area contributed by atoms with E-state index in [1.54, 1.807) is 23.1 Å². The predicted octanol–water partition coefficient (Wildman–Crippen LogP) is 3.82. The SMILES string of the molecule is CS(=O)(=O)c1ccc(CC(=O)N2CC3(CCCC3)c3cc(C(=O)N4CCCCC(O)(CF)C4)ccc32)cc1. The van der Waals surface area contributed by atoms with E-state index in [9.17, 15) is 27.5 Å². The molecule has 204 valence electrons. The number of aliphatic hydroxyl groups is 1. The summed E-state index contributed by atoms with van der Waals surface area (Å²) < 4.78 is 37.1. The van der Waals surface area contributed by atoms with Crippen LogP contribution in [0.1, 0.15) is 66.4 Å². The highest BCUT2D eigenvalue weighted by Crippen LogP contribution is 2.51. The summed E-state index contributed by atoms with van der Waals surface area (Å²) in [6, 6.07) is 11.9. The molecular weight excluding hydrogens is 507 g/mol. The Morgan fingerprint density at radius 1 is 0.974 bits per heavy atom. The molecule has 2 amide bonds. The minimum atomic E-state index is -3.31. The minimum Gasteiger partial charge on any atom is -0.385 e. The molecule has 2 fully saturated rings. The first-order valence-corrected chi connectivity index (χ1v) is 15.2. The predicted molar refractivity (Wildman–Crippen MR) is 143 cm³/mol. The average molecular weight is 543 g/mol. The highest BCUT2D eigenvalue weighted by molar-refractivity contribution is 7.90. The van der Waals surface area contributed by atoms with E-state index in [2.05, 4.69) is 0 Å². The molecule has 2 heterocycles. The molecule has 0 aromatic heterocycles. The Morgan fingerprint density at radius 3 is 2.32 bits per heavy atom. The molecule has 38 heavy (non-hydrogen) atoms. The van der Waals surface area contributed by atoms with Gasteiger partial charge in [0.15, 0.2) is 9.84 Å². The fraction of sp³-hybridized carbons (Fsp3) is 0.517. The van der Waals surface area contributed by atoms with E-state index >= 15 is 0 Å². The van der Waals surface area contributed by atoms with E-state index < -0.39 is 22.1 Å². The van der Waals surface area contributed by atoms with Crippen LogP contribution in [0.5, 0.6) is 0 Å². The maximum atomic E-state index is 13.6. The normalized spacial score (nSPS) is 22.9. The number of amides is 2. The third kappa shape index (κ3) is 5.10. The van der Waals surface area contributed by atoms with Crippen LogP contribution in [0.4, 0.5) is 10.1 Å². The largest absolute Gasteiger partial charge is 0.385 e. The number of fused-ring (bicyclic) bond motifs is 2. The Bertz CT molecular complexity index is 1340. The molecule has 2 aromatic carbocycles. The van der Waals surface area contributed by atoms with Crippen LogP contribution >= 0.6 is 0 Å². The summed E-state index contributed by atoms with van der Waals surface area (Å²) in [5, 5.41) is 10.6. The smallest absolute Gasteiger partial charge is 0.253 e. The third-order valence-corrected chi connectivity index (χ3v) is 9.60. The third-order valence-electron chi connectivity index (χ3n) is 8.48. The summed E-state index contributed by atoms with van der Waals surface area (Å²) in [4.78, 5) is 30.6. The molecule has 3 aliphatic rings. The van der Waals surface area contributed by atoms with Gasteiger partial charge in [0.05, 0.1) is 17.9 Å². The van der Waals surface area contributed by atoms with Gasteiger partial charge >= 0.3 is 0 Å². The second-order valence-corrected chi connectivity index (χ2v) is 13.3. The van der Waals surface area contributed by atoms with Crippen LogP contribution in [0.15, 0.2) is 47.4 Å². The Kier molecular flexibility index (Phi) is 7.11. The van der Waals surface area contributed by atoms with Crippen LogP contribution in [-0.2, 0) is 26.5 Å². The van der Waals surface area contributed by atoms with Crippen LogP contribution in [-0.4, -0.2) is 68.4 Å². The maximum Gasteiger partial charge on any atom is 0.253 e. The standard InChI is InChI=1S/C29H35FN2O5S/c1-38(36,37)23-9-6-21(7-10-23)16-26(33)32-19-28(12-2-3-13-28)24-17-22(8-11-25(24)32)27(34)31-15-5-4-14-29(35,18-30)20-31/h6-11,17,35H,2-5,12-16,18-20H2,1H3. The Hall–Kier alpha value is -2.78. The Labute approximate surface area is 223 Å². The first-order chi connectivity index (χ1) is 18.0. The summed E-state index contributed by atoms with van der Waals surface area (Å²) in [6.45, 7) is 0.142. The Balaban J connectivity index is 1.41. The number of hydrogen-bond acceptors (Lipinski definition) is 5. The van der Waals surface area contributed by atoms with Crippen molar-refractivity contribution in [1.29, 1.82) is 0 Å². The summed E-state index contributed by atoms with van der Waals surface area (Å²) in [5.74, 6) is -0.285. The van der Waals surface area contributed by atoms with Gasteiger partial charge in [0.2, 0.25) is 5.91 Å². The number of benzene rings is 2. The zero-order valence-electron chi connectivity index (χ0n) is 21.8. The number of β-amino-alcohol motifs (C(OH)–C–C–N with tert-alkyl or cyclic N) is 1. The lowest BCUT2D eigenvalue weighted by atomic mass is 9.80. The van der Waals surface area contributed by atoms with Crippen molar-refractivity contribution in [2.24, 2.45) is 0 Å². The van der Waals surface area contributed by atoms with Crippen LogP contribution in [0, 0.1) is 0 Å². The van der Waals surface area contributed by atoms with Gasteiger partial charge in [-0.15, -0.1) is 0 Å². The molecule has 1 N–H and O–H groups in total. The van der Waals surface area contributed by atoms with Crippen molar-refractivity contribution in [3.8, 4) is 0 Å². The summed E-state index contributed by atoms with van der Waals surface area (Å²) in [7, 11) is -3.31. The number of nitrogens with zero attached hydrogens (tertiary/aromatic N) is 2. The van der Waals surface area contributed by atoms with Gasteiger partial charge in [-0.05, 0) is 73.6 Å². The van der Waals surface area contributed by atoms with Crippen LogP contribution in [0.25, 0.3) is 0 Å². The molecule has 5 rings (SSSR count). The molecule has 1 saturated carbocycles. The van der Waals surface area contributed by atoms with Crippen molar-refractivity contribution >= 4 is 27.3 Å². The van der Waals surface area contributed by atoms with Gasteiger partial charge < -0.3 is 14.9 Å². The average Bonchev–Trinajstić information content (AvgIpc) is 3.44. The van der Waals surface area contributed by atoms with Gasteiger partial charge in [0, 0.05) is 36.0 Å². The molecule has 2 aromatic rings. The zero-order chi connectivity index (χ0) is 27.1. The molecule has 1 atom stereocenters. The van der Waals surface area contributed by atoms with Crippen LogP contribution in [0.3, 0.4) is 0 Å². The van der Waals surface area contributed by atoms with E-state index in [0.29, 0.717) is 31.5 Å². The van der Waals surface area contributed by atoms with Crippen molar-refractivity contribution < 1.29 is 27.5 Å². The van der Waals surface area contributed by atoms with Gasteiger partial charge in [-0.3, -0.25) is 9.59 Å². The lowest BCUT2D eigenvalue weighted by Crippen LogP contribution is -2.45. The molecule has 7 nitrogen and oxygen atoms in total.